The Morgan fingerprint density at radius 3 is 2.28 bits per heavy atom. The molecule has 0 bridgehead atoms. The van der Waals surface area contributed by atoms with Crippen LogP contribution in [0.2, 0.25) is 0 Å². The van der Waals surface area contributed by atoms with Crippen molar-refractivity contribution in [3.05, 3.63) is 0 Å². The minimum atomic E-state index is -0.748. The van der Waals surface area contributed by atoms with E-state index in [0.717, 1.165) is 44.9 Å². The van der Waals surface area contributed by atoms with Crippen molar-refractivity contribution >= 4 is 5.97 Å². The summed E-state index contributed by atoms with van der Waals surface area (Å²) in [5, 5.41) is 41.7. The van der Waals surface area contributed by atoms with Gasteiger partial charge in [-0.25, -0.2) is 0 Å². The summed E-state index contributed by atoms with van der Waals surface area (Å²) in [4.78, 5) is 11.1. The second kappa shape index (κ2) is 7.49. The van der Waals surface area contributed by atoms with Crippen LogP contribution in [0, 0.1) is 46.3 Å². The maximum Gasteiger partial charge on any atom is 0.303 e. The molecule has 0 radical (unpaired) electrons. The van der Waals surface area contributed by atoms with Gasteiger partial charge in [-0.3, -0.25) is 4.79 Å². The fourth-order valence-electron chi connectivity index (χ4n) is 8.77. The highest BCUT2D eigenvalue weighted by Crippen LogP contribution is 2.68. The quantitative estimate of drug-likeness (QED) is 0.571. The van der Waals surface area contributed by atoms with E-state index in [0.29, 0.717) is 30.1 Å². The van der Waals surface area contributed by atoms with Crippen molar-refractivity contribution in [2.75, 3.05) is 0 Å². The number of hydrogen-bond donors (Lipinski definition) is 4. The van der Waals surface area contributed by atoms with Crippen LogP contribution >= 0.6 is 0 Å². The monoisotopic (exact) mass is 408 g/mol. The Hall–Kier alpha value is -0.650. The number of aliphatic hydroxyl groups excluding tert-OH is 3. The van der Waals surface area contributed by atoms with Crippen LogP contribution in [0.4, 0.5) is 0 Å². The summed E-state index contributed by atoms with van der Waals surface area (Å²) in [6, 6.07) is 0. The van der Waals surface area contributed by atoms with E-state index in [4.69, 9.17) is 5.11 Å². The van der Waals surface area contributed by atoms with E-state index >= 15 is 0 Å². The maximum absolute atomic E-state index is 11.3. The molecule has 4 fully saturated rings. The molecule has 0 amide bonds. The Morgan fingerprint density at radius 1 is 0.931 bits per heavy atom. The first-order chi connectivity index (χ1) is 13.6. The molecule has 4 rings (SSSR count). The van der Waals surface area contributed by atoms with Gasteiger partial charge in [-0.2, -0.15) is 0 Å². The lowest BCUT2D eigenvalue weighted by molar-refractivity contribution is -0.223. The van der Waals surface area contributed by atoms with E-state index in [1.807, 2.05) is 0 Å². The van der Waals surface area contributed by atoms with E-state index in [9.17, 15) is 20.1 Å². The Bertz CT molecular complexity index is 637. The number of hydrogen-bond acceptors (Lipinski definition) is 4. The highest BCUT2D eigenvalue weighted by molar-refractivity contribution is 5.66. The van der Waals surface area contributed by atoms with Crippen LogP contribution in [0.1, 0.15) is 78.6 Å². The third-order valence-electron chi connectivity index (χ3n) is 10.3. The average Bonchev–Trinajstić information content (AvgIpc) is 3.02. The summed E-state index contributed by atoms with van der Waals surface area (Å²) in [5.41, 5.74) is 0.119. The fraction of sp³-hybridized carbons (Fsp3) is 0.958. The van der Waals surface area contributed by atoms with Gasteiger partial charge in [0.15, 0.2) is 0 Å². The molecule has 166 valence electrons. The Labute approximate surface area is 174 Å². The molecule has 0 aromatic rings. The van der Waals surface area contributed by atoms with Crippen molar-refractivity contribution < 1.29 is 25.2 Å². The summed E-state index contributed by atoms with van der Waals surface area (Å²) in [6.07, 6.45) is 5.87. The minimum absolute atomic E-state index is 0.00309. The van der Waals surface area contributed by atoms with Crippen LogP contribution in [0.3, 0.4) is 0 Å². The smallest absolute Gasteiger partial charge is 0.303 e. The standard InChI is InChI=1S/C24H40O5/c1-13(4-7-19(26)27)15-5-6-16-20-17(9-11-23(15,16)2)24(3)10-8-14(25)12-18(24)21(28)22(20)29/h13-18,20-22,25,28-29H,4-12H2,1-3H3,(H,26,27)/t13-,14+,15+,16-,17-,18-,20-,21+,22-,23+,24+/m0/s1. The molecule has 4 saturated carbocycles. The molecular formula is C24H40O5. The van der Waals surface area contributed by atoms with Crippen molar-refractivity contribution in [1.29, 1.82) is 0 Å². The number of carboxylic acids is 1. The number of rotatable bonds is 4. The highest BCUT2D eigenvalue weighted by Gasteiger charge is 2.65. The summed E-state index contributed by atoms with van der Waals surface area (Å²) >= 11 is 0. The predicted molar refractivity (Wildman–Crippen MR) is 110 cm³/mol. The number of aliphatic carboxylic acids is 1. The first-order valence-corrected chi connectivity index (χ1v) is 11.9. The van der Waals surface area contributed by atoms with Crippen molar-refractivity contribution in [3.8, 4) is 0 Å². The lowest BCUT2D eigenvalue weighted by Gasteiger charge is -2.63. The average molecular weight is 409 g/mol. The van der Waals surface area contributed by atoms with Crippen LogP contribution < -0.4 is 0 Å². The highest BCUT2D eigenvalue weighted by atomic mass is 16.4. The molecule has 0 spiro atoms. The van der Waals surface area contributed by atoms with Gasteiger partial charge in [-0.15, -0.1) is 0 Å². The van der Waals surface area contributed by atoms with Crippen LogP contribution in [0.25, 0.3) is 0 Å². The lowest BCUT2D eigenvalue weighted by atomic mass is 9.43. The molecule has 5 nitrogen and oxygen atoms in total. The Kier molecular flexibility index (Phi) is 5.57. The van der Waals surface area contributed by atoms with Gasteiger partial charge in [-0.05, 0) is 97.7 Å². The first-order valence-electron chi connectivity index (χ1n) is 11.9. The molecule has 4 aliphatic rings. The second-order valence-electron chi connectivity index (χ2n) is 11.5. The normalized spacial score (nSPS) is 52.9. The zero-order chi connectivity index (χ0) is 21.1. The molecule has 0 aromatic carbocycles. The predicted octanol–water partition coefficient (Wildman–Crippen LogP) is 3.45. The molecule has 29 heavy (non-hydrogen) atoms. The number of carboxylic acid groups (broad SMARTS) is 1. The molecule has 0 aliphatic heterocycles. The van der Waals surface area contributed by atoms with Crippen LogP contribution in [0.5, 0.6) is 0 Å². The molecule has 4 aliphatic carbocycles. The minimum Gasteiger partial charge on any atom is -0.481 e. The van der Waals surface area contributed by atoms with Crippen molar-refractivity contribution in [2.24, 2.45) is 46.3 Å². The largest absolute Gasteiger partial charge is 0.481 e. The molecule has 4 N–H and O–H groups in total. The first kappa shape index (κ1) is 21.6. The number of aliphatic hydroxyl groups is 3. The Balaban J connectivity index is 1.59. The van der Waals surface area contributed by atoms with E-state index in [1.54, 1.807) is 0 Å². The van der Waals surface area contributed by atoms with E-state index in [1.165, 1.54) is 0 Å². The van der Waals surface area contributed by atoms with Gasteiger partial charge < -0.3 is 20.4 Å². The zero-order valence-corrected chi connectivity index (χ0v) is 18.3. The van der Waals surface area contributed by atoms with Gasteiger partial charge in [0.1, 0.15) is 0 Å². The number of carbonyl (C=O) groups is 1. The number of fused-ring (bicyclic) bond motifs is 5. The Morgan fingerprint density at radius 2 is 1.59 bits per heavy atom. The van der Waals surface area contributed by atoms with Crippen LogP contribution in [-0.2, 0) is 4.79 Å². The fourth-order valence-corrected chi connectivity index (χ4v) is 8.77. The van der Waals surface area contributed by atoms with Gasteiger partial charge >= 0.3 is 5.97 Å². The summed E-state index contributed by atoms with van der Waals surface area (Å²) < 4.78 is 0. The van der Waals surface area contributed by atoms with Crippen molar-refractivity contribution in [1.82, 2.24) is 0 Å². The third-order valence-corrected chi connectivity index (χ3v) is 10.3. The molecule has 0 aromatic heterocycles. The molecule has 5 heteroatoms. The van der Waals surface area contributed by atoms with E-state index in [-0.39, 0.29) is 35.2 Å². The second-order valence-corrected chi connectivity index (χ2v) is 11.5. The summed E-state index contributed by atoms with van der Waals surface area (Å²) in [6.45, 7) is 6.89. The maximum atomic E-state index is 11.3. The molecular weight excluding hydrogens is 368 g/mol. The van der Waals surface area contributed by atoms with Gasteiger partial charge in [-0.1, -0.05) is 20.8 Å². The molecule has 0 saturated heterocycles. The van der Waals surface area contributed by atoms with E-state index < -0.39 is 18.2 Å². The SMILES string of the molecule is C[C@@H](CCC(=O)O)[C@H]1CC[C@H]2[C@@H]3[C@H](O)[C@H](O)[C@@H]4C[C@H](O)CC[C@]4(C)[C@H]3CC[C@]12C. The topological polar surface area (TPSA) is 98.0 Å². The van der Waals surface area contributed by atoms with Crippen molar-refractivity contribution in [3.63, 3.8) is 0 Å². The molecule has 0 heterocycles. The molecule has 0 unspecified atom stereocenters. The molecule has 11 atom stereocenters. The summed E-state index contributed by atoms with van der Waals surface area (Å²) in [5.74, 6) is 1.06. The lowest BCUT2D eigenvalue weighted by Crippen LogP contribution is -2.64. The summed E-state index contributed by atoms with van der Waals surface area (Å²) in [7, 11) is 0. The van der Waals surface area contributed by atoms with Gasteiger partial charge in [0, 0.05) is 6.42 Å². The zero-order valence-electron chi connectivity index (χ0n) is 18.3. The van der Waals surface area contributed by atoms with E-state index in [2.05, 4.69) is 20.8 Å². The van der Waals surface area contributed by atoms with Crippen LogP contribution in [-0.4, -0.2) is 44.7 Å². The van der Waals surface area contributed by atoms with Crippen molar-refractivity contribution in [2.45, 2.75) is 96.9 Å². The third kappa shape index (κ3) is 3.27. The van der Waals surface area contributed by atoms with Gasteiger partial charge in [0.2, 0.25) is 0 Å². The van der Waals surface area contributed by atoms with Gasteiger partial charge in [0.25, 0.3) is 0 Å². The van der Waals surface area contributed by atoms with Gasteiger partial charge in [0.05, 0.1) is 18.3 Å². The van der Waals surface area contributed by atoms with Crippen LogP contribution in [0.15, 0.2) is 0 Å².